The van der Waals surface area contributed by atoms with Crippen LogP contribution in [0.3, 0.4) is 0 Å². The third-order valence-corrected chi connectivity index (χ3v) is 3.20. The number of nitrogens with zero attached hydrogens (tertiary/aromatic N) is 1. The highest BCUT2D eigenvalue weighted by molar-refractivity contribution is 6.07. The SMILES string of the molecule is Cc1ccc(NC(=O)c2cccc([N+](=O)[O-])c2C)c(N)c1. The van der Waals surface area contributed by atoms with Crippen LogP contribution < -0.4 is 11.1 Å². The quantitative estimate of drug-likeness (QED) is 0.514. The van der Waals surface area contributed by atoms with Crippen molar-refractivity contribution in [3.05, 3.63) is 63.2 Å². The lowest BCUT2D eigenvalue weighted by Crippen LogP contribution is -2.15. The summed E-state index contributed by atoms with van der Waals surface area (Å²) in [6.07, 6.45) is 0. The minimum absolute atomic E-state index is 0.0838. The highest BCUT2D eigenvalue weighted by Gasteiger charge is 2.18. The summed E-state index contributed by atoms with van der Waals surface area (Å²) < 4.78 is 0. The van der Waals surface area contributed by atoms with E-state index in [-0.39, 0.29) is 11.3 Å². The Morgan fingerprint density at radius 2 is 1.95 bits per heavy atom. The molecule has 0 aliphatic rings. The van der Waals surface area contributed by atoms with Crippen molar-refractivity contribution in [2.45, 2.75) is 13.8 Å². The number of carbonyl (C=O) groups is 1. The van der Waals surface area contributed by atoms with Crippen LogP contribution in [-0.4, -0.2) is 10.8 Å². The molecular formula is C15H15N3O3. The fourth-order valence-corrected chi connectivity index (χ4v) is 2.05. The summed E-state index contributed by atoms with van der Waals surface area (Å²) in [5, 5.41) is 13.6. The first-order chi connectivity index (χ1) is 9.90. The summed E-state index contributed by atoms with van der Waals surface area (Å²) >= 11 is 0. The molecule has 2 aromatic carbocycles. The second kappa shape index (κ2) is 5.62. The summed E-state index contributed by atoms with van der Waals surface area (Å²) in [4.78, 5) is 22.7. The van der Waals surface area contributed by atoms with Crippen molar-refractivity contribution >= 4 is 23.0 Å². The van der Waals surface area contributed by atoms with Gasteiger partial charge in [0.05, 0.1) is 16.3 Å². The van der Waals surface area contributed by atoms with Crippen molar-refractivity contribution in [3.8, 4) is 0 Å². The molecule has 1 amide bonds. The molecule has 6 nitrogen and oxygen atoms in total. The molecule has 0 radical (unpaired) electrons. The number of nitro groups is 1. The second-order valence-electron chi connectivity index (χ2n) is 4.75. The van der Waals surface area contributed by atoms with Crippen LogP contribution in [0.4, 0.5) is 17.1 Å². The van der Waals surface area contributed by atoms with Gasteiger partial charge in [-0.15, -0.1) is 0 Å². The zero-order chi connectivity index (χ0) is 15.6. The molecule has 0 aliphatic carbocycles. The Labute approximate surface area is 121 Å². The van der Waals surface area contributed by atoms with Crippen LogP contribution in [0.15, 0.2) is 36.4 Å². The maximum absolute atomic E-state index is 12.3. The third-order valence-electron chi connectivity index (χ3n) is 3.20. The molecule has 0 atom stereocenters. The smallest absolute Gasteiger partial charge is 0.273 e. The van der Waals surface area contributed by atoms with E-state index in [0.29, 0.717) is 16.9 Å². The highest BCUT2D eigenvalue weighted by atomic mass is 16.6. The van der Waals surface area contributed by atoms with Gasteiger partial charge in [-0.25, -0.2) is 0 Å². The predicted molar refractivity (Wildman–Crippen MR) is 81.4 cm³/mol. The number of hydrogen-bond acceptors (Lipinski definition) is 4. The normalized spacial score (nSPS) is 10.2. The minimum atomic E-state index is -0.508. The summed E-state index contributed by atoms with van der Waals surface area (Å²) in [5.41, 5.74) is 8.25. The lowest BCUT2D eigenvalue weighted by molar-refractivity contribution is -0.385. The number of hydrogen-bond donors (Lipinski definition) is 2. The topological polar surface area (TPSA) is 98.3 Å². The number of nitrogen functional groups attached to an aromatic ring is 1. The van der Waals surface area contributed by atoms with Crippen molar-refractivity contribution in [2.24, 2.45) is 0 Å². The van der Waals surface area contributed by atoms with E-state index in [1.54, 1.807) is 25.1 Å². The first kappa shape index (κ1) is 14.5. The van der Waals surface area contributed by atoms with Gasteiger partial charge in [0, 0.05) is 17.2 Å². The largest absolute Gasteiger partial charge is 0.397 e. The Balaban J connectivity index is 2.33. The van der Waals surface area contributed by atoms with Gasteiger partial charge in [0.15, 0.2) is 0 Å². The van der Waals surface area contributed by atoms with Crippen LogP contribution >= 0.6 is 0 Å². The van der Waals surface area contributed by atoms with E-state index in [1.807, 2.05) is 13.0 Å². The Morgan fingerprint density at radius 3 is 2.57 bits per heavy atom. The van der Waals surface area contributed by atoms with Crippen LogP contribution in [0, 0.1) is 24.0 Å². The minimum Gasteiger partial charge on any atom is -0.397 e. The summed E-state index contributed by atoms with van der Waals surface area (Å²) in [6.45, 7) is 3.44. The van der Waals surface area contributed by atoms with Gasteiger partial charge >= 0.3 is 0 Å². The zero-order valence-corrected chi connectivity index (χ0v) is 11.7. The monoisotopic (exact) mass is 285 g/mol. The molecule has 2 rings (SSSR count). The van der Waals surface area contributed by atoms with Crippen LogP contribution in [0.1, 0.15) is 21.5 Å². The van der Waals surface area contributed by atoms with Crippen molar-refractivity contribution in [1.29, 1.82) is 0 Å². The number of nitrogens with two attached hydrogens (primary N) is 1. The van der Waals surface area contributed by atoms with Gasteiger partial charge in [-0.2, -0.15) is 0 Å². The Bertz CT molecular complexity index is 726. The molecule has 0 heterocycles. The number of aryl methyl sites for hydroxylation is 1. The lowest BCUT2D eigenvalue weighted by atomic mass is 10.1. The summed E-state index contributed by atoms with van der Waals surface area (Å²) in [7, 11) is 0. The molecule has 6 heteroatoms. The van der Waals surface area contributed by atoms with Gasteiger partial charge in [0.1, 0.15) is 0 Å². The maximum atomic E-state index is 12.3. The van der Waals surface area contributed by atoms with E-state index < -0.39 is 10.8 Å². The number of amides is 1. The number of nitro benzene ring substituents is 1. The number of anilines is 2. The molecule has 0 aliphatic heterocycles. The molecule has 0 unspecified atom stereocenters. The molecule has 0 aromatic heterocycles. The van der Waals surface area contributed by atoms with Crippen LogP contribution in [0.2, 0.25) is 0 Å². The third kappa shape index (κ3) is 3.00. The van der Waals surface area contributed by atoms with E-state index in [0.717, 1.165) is 5.56 Å². The molecule has 0 saturated carbocycles. The number of rotatable bonds is 3. The number of carbonyl (C=O) groups excluding carboxylic acids is 1. The maximum Gasteiger partial charge on any atom is 0.273 e. The van der Waals surface area contributed by atoms with Crippen molar-refractivity contribution in [1.82, 2.24) is 0 Å². The Kier molecular flexibility index (Phi) is 3.89. The van der Waals surface area contributed by atoms with Gasteiger partial charge < -0.3 is 11.1 Å². The Hall–Kier alpha value is -2.89. The first-order valence-electron chi connectivity index (χ1n) is 6.31. The van der Waals surface area contributed by atoms with E-state index in [2.05, 4.69) is 5.32 Å². The van der Waals surface area contributed by atoms with Gasteiger partial charge in [-0.05, 0) is 37.6 Å². The average Bonchev–Trinajstić information content (AvgIpc) is 2.41. The first-order valence-corrected chi connectivity index (χ1v) is 6.31. The average molecular weight is 285 g/mol. The molecule has 2 aromatic rings. The van der Waals surface area contributed by atoms with Crippen LogP contribution in [-0.2, 0) is 0 Å². The van der Waals surface area contributed by atoms with E-state index >= 15 is 0 Å². The van der Waals surface area contributed by atoms with Crippen molar-refractivity contribution in [3.63, 3.8) is 0 Å². The molecular weight excluding hydrogens is 270 g/mol. The standard InChI is InChI=1S/C15H15N3O3/c1-9-6-7-13(12(16)8-9)17-15(19)11-4-3-5-14(10(11)2)18(20)21/h3-8H,16H2,1-2H3,(H,17,19). The van der Waals surface area contributed by atoms with Gasteiger partial charge in [0.2, 0.25) is 0 Å². The van der Waals surface area contributed by atoms with Crippen molar-refractivity contribution in [2.75, 3.05) is 11.1 Å². The second-order valence-corrected chi connectivity index (χ2v) is 4.75. The molecule has 3 N–H and O–H groups in total. The molecule has 108 valence electrons. The van der Waals surface area contributed by atoms with E-state index in [9.17, 15) is 14.9 Å². The number of nitrogens with one attached hydrogen (secondary N) is 1. The zero-order valence-electron chi connectivity index (χ0n) is 11.7. The lowest BCUT2D eigenvalue weighted by Gasteiger charge is -2.10. The van der Waals surface area contributed by atoms with Gasteiger partial charge in [-0.1, -0.05) is 12.1 Å². The van der Waals surface area contributed by atoms with Crippen molar-refractivity contribution < 1.29 is 9.72 Å². The summed E-state index contributed by atoms with van der Waals surface area (Å²) in [6, 6.07) is 9.67. The molecule has 21 heavy (non-hydrogen) atoms. The highest BCUT2D eigenvalue weighted by Crippen LogP contribution is 2.24. The summed E-state index contributed by atoms with van der Waals surface area (Å²) in [5.74, 6) is -0.424. The van der Waals surface area contributed by atoms with Crippen LogP contribution in [0.25, 0.3) is 0 Å². The molecule has 0 fully saturated rings. The number of benzene rings is 2. The van der Waals surface area contributed by atoms with Gasteiger partial charge in [0.25, 0.3) is 11.6 Å². The van der Waals surface area contributed by atoms with E-state index in [4.69, 9.17) is 5.73 Å². The molecule has 0 spiro atoms. The fourth-order valence-electron chi connectivity index (χ4n) is 2.05. The van der Waals surface area contributed by atoms with E-state index in [1.165, 1.54) is 12.1 Å². The Morgan fingerprint density at radius 1 is 1.24 bits per heavy atom. The fraction of sp³-hybridized carbons (Fsp3) is 0.133. The predicted octanol–water partition coefficient (Wildman–Crippen LogP) is 3.05. The molecule has 0 bridgehead atoms. The van der Waals surface area contributed by atoms with Crippen LogP contribution in [0.5, 0.6) is 0 Å². The molecule has 0 saturated heterocycles. The van der Waals surface area contributed by atoms with Gasteiger partial charge in [-0.3, -0.25) is 14.9 Å².